The first-order valence-electron chi connectivity index (χ1n) is 8.78. The van der Waals surface area contributed by atoms with E-state index in [1.807, 2.05) is 41.9 Å². The normalized spacial score (nSPS) is 11.6. The van der Waals surface area contributed by atoms with Gasteiger partial charge in [0.2, 0.25) is 0 Å². The molecule has 4 aromatic rings. The molecule has 1 N–H and O–H groups in total. The summed E-state index contributed by atoms with van der Waals surface area (Å²) >= 11 is 5.99. The fourth-order valence-corrected chi connectivity index (χ4v) is 4.32. The number of aryl methyl sites for hydroxylation is 1. The quantitative estimate of drug-likeness (QED) is 0.497. The molecular formula is C21H18ClN3O3S. The number of nitrogens with one attached hydrogen (secondary N) is 1. The fraction of sp³-hybridized carbons (Fsp3) is 0.0952. The number of pyridine rings is 1. The Bertz CT molecular complexity index is 1320. The Morgan fingerprint density at radius 3 is 2.69 bits per heavy atom. The number of fused-ring (bicyclic) bond motifs is 1. The molecule has 0 atom stereocenters. The van der Waals surface area contributed by atoms with Crippen LogP contribution in [0, 0.1) is 6.92 Å². The van der Waals surface area contributed by atoms with Crippen LogP contribution in [0.25, 0.3) is 16.9 Å². The third-order valence-electron chi connectivity index (χ3n) is 4.52. The first-order valence-corrected chi connectivity index (χ1v) is 10.6. The average Bonchev–Trinajstić information content (AvgIpc) is 3.14. The van der Waals surface area contributed by atoms with Crippen molar-refractivity contribution in [3.05, 3.63) is 77.6 Å². The molecule has 4 rings (SSSR count). The monoisotopic (exact) mass is 427 g/mol. The van der Waals surface area contributed by atoms with Crippen molar-refractivity contribution in [3.8, 4) is 17.0 Å². The summed E-state index contributed by atoms with van der Waals surface area (Å²) in [6, 6.07) is 15.4. The molecule has 8 heteroatoms. The van der Waals surface area contributed by atoms with Crippen molar-refractivity contribution in [2.75, 3.05) is 11.8 Å². The van der Waals surface area contributed by atoms with E-state index < -0.39 is 10.0 Å². The maximum atomic E-state index is 12.8. The molecule has 2 aromatic carbocycles. The maximum absolute atomic E-state index is 12.8. The summed E-state index contributed by atoms with van der Waals surface area (Å²) in [5.74, 6) is 0.295. The van der Waals surface area contributed by atoms with Crippen molar-refractivity contribution >= 4 is 33.0 Å². The van der Waals surface area contributed by atoms with E-state index in [0.29, 0.717) is 16.5 Å². The Morgan fingerprint density at radius 2 is 1.93 bits per heavy atom. The van der Waals surface area contributed by atoms with Gasteiger partial charge in [-0.1, -0.05) is 29.8 Å². The Labute approximate surface area is 173 Å². The number of aromatic nitrogens is 2. The lowest BCUT2D eigenvalue weighted by molar-refractivity contribution is 0.413. The summed E-state index contributed by atoms with van der Waals surface area (Å²) in [6.07, 6.45) is 3.85. The molecule has 0 aliphatic heterocycles. The number of sulfonamides is 1. The van der Waals surface area contributed by atoms with Crippen molar-refractivity contribution in [2.24, 2.45) is 0 Å². The van der Waals surface area contributed by atoms with Gasteiger partial charge >= 0.3 is 0 Å². The van der Waals surface area contributed by atoms with Gasteiger partial charge in [-0.25, -0.2) is 13.4 Å². The van der Waals surface area contributed by atoms with Crippen LogP contribution in [-0.4, -0.2) is 24.9 Å². The van der Waals surface area contributed by atoms with Gasteiger partial charge in [0, 0.05) is 29.7 Å². The van der Waals surface area contributed by atoms with Crippen molar-refractivity contribution < 1.29 is 13.2 Å². The van der Waals surface area contributed by atoms with E-state index in [-0.39, 0.29) is 4.90 Å². The molecule has 2 heterocycles. The van der Waals surface area contributed by atoms with Crippen molar-refractivity contribution in [1.29, 1.82) is 0 Å². The first-order chi connectivity index (χ1) is 13.9. The molecule has 0 aliphatic carbocycles. The lowest BCUT2D eigenvalue weighted by Gasteiger charge is -2.11. The summed E-state index contributed by atoms with van der Waals surface area (Å²) in [4.78, 5) is 4.73. The molecule has 0 amide bonds. The van der Waals surface area contributed by atoms with Gasteiger partial charge in [-0.15, -0.1) is 0 Å². The molecule has 0 radical (unpaired) electrons. The van der Waals surface area contributed by atoms with Crippen LogP contribution in [-0.2, 0) is 10.0 Å². The maximum Gasteiger partial charge on any atom is 0.262 e. The highest BCUT2D eigenvalue weighted by molar-refractivity contribution is 7.92. The van der Waals surface area contributed by atoms with E-state index >= 15 is 0 Å². The number of imidazole rings is 1. The highest BCUT2D eigenvalue weighted by Crippen LogP contribution is 2.29. The van der Waals surface area contributed by atoms with E-state index in [1.54, 1.807) is 18.2 Å². The molecule has 0 saturated heterocycles. The van der Waals surface area contributed by atoms with Crippen LogP contribution < -0.4 is 9.46 Å². The largest absolute Gasteiger partial charge is 0.495 e. The number of benzene rings is 2. The number of hydrogen-bond donors (Lipinski definition) is 1. The zero-order valence-electron chi connectivity index (χ0n) is 15.8. The molecule has 6 nitrogen and oxygen atoms in total. The molecule has 0 saturated carbocycles. The van der Waals surface area contributed by atoms with E-state index in [4.69, 9.17) is 16.3 Å². The van der Waals surface area contributed by atoms with Crippen LogP contribution in [0.5, 0.6) is 5.75 Å². The SMILES string of the molecule is COc1cc(S(=O)(=O)Nc2cccc(-c3cn4cccc(C)c4n3)c2)ccc1Cl. The topological polar surface area (TPSA) is 72.7 Å². The predicted octanol–water partition coefficient (Wildman–Crippen LogP) is 4.77. The van der Waals surface area contributed by atoms with Crippen molar-refractivity contribution in [1.82, 2.24) is 9.38 Å². The second-order valence-corrected chi connectivity index (χ2v) is 8.62. The van der Waals surface area contributed by atoms with Crippen LogP contribution in [0.4, 0.5) is 5.69 Å². The molecule has 0 fully saturated rings. The van der Waals surface area contributed by atoms with Gasteiger partial charge < -0.3 is 9.14 Å². The minimum Gasteiger partial charge on any atom is -0.495 e. The number of halogens is 1. The zero-order valence-corrected chi connectivity index (χ0v) is 17.3. The van der Waals surface area contributed by atoms with Crippen molar-refractivity contribution in [2.45, 2.75) is 11.8 Å². The van der Waals surface area contributed by atoms with Crippen LogP contribution >= 0.6 is 11.6 Å². The zero-order chi connectivity index (χ0) is 20.6. The van der Waals surface area contributed by atoms with Crippen LogP contribution in [0.15, 0.2) is 71.9 Å². The van der Waals surface area contributed by atoms with E-state index in [9.17, 15) is 8.42 Å². The smallest absolute Gasteiger partial charge is 0.262 e. The average molecular weight is 428 g/mol. The highest BCUT2D eigenvalue weighted by Gasteiger charge is 2.17. The molecule has 148 valence electrons. The molecule has 2 aromatic heterocycles. The van der Waals surface area contributed by atoms with Gasteiger partial charge in [-0.3, -0.25) is 4.72 Å². The molecule has 0 spiro atoms. The van der Waals surface area contributed by atoms with E-state index in [0.717, 1.165) is 22.5 Å². The summed E-state index contributed by atoms with van der Waals surface area (Å²) in [6.45, 7) is 2.00. The minimum absolute atomic E-state index is 0.0625. The Morgan fingerprint density at radius 1 is 1.10 bits per heavy atom. The standard InChI is InChI=1S/C21H18ClN3O3S/c1-14-5-4-10-25-13-19(23-21(14)25)15-6-3-7-16(11-15)24-29(26,27)17-8-9-18(22)20(12-17)28-2/h3-13,24H,1-2H3. The van der Waals surface area contributed by atoms with Gasteiger partial charge in [0.1, 0.15) is 11.4 Å². The number of ether oxygens (including phenoxy) is 1. The first kappa shape index (κ1) is 19.3. The van der Waals surface area contributed by atoms with Crippen LogP contribution in [0.3, 0.4) is 0 Å². The molecule has 0 unspecified atom stereocenters. The third kappa shape index (κ3) is 3.79. The second-order valence-electron chi connectivity index (χ2n) is 6.53. The van der Waals surface area contributed by atoms with E-state index in [1.165, 1.54) is 25.3 Å². The van der Waals surface area contributed by atoms with Gasteiger partial charge in [0.15, 0.2) is 0 Å². The summed E-state index contributed by atoms with van der Waals surface area (Å²) in [5.41, 5.74) is 3.93. The number of hydrogen-bond acceptors (Lipinski definition) is 4. The Kier molecular flexibility index (Phi) is 4.94. The number of rotatable bonds is 5. The summed E-state index contributed by atoms with van der Waals surface area (Å²) in [7, 11) is -2.37. The number of anilines is 1. The predicted molar refractivity (Wildman–Crippen MR) is 114 cm³/mol. The number of nitrogens with zero attached hydrogens (tertiary/aromatic N) is 2. The Hall–Kier alpha value is -3.03. The summed E-state index contributed by atoms with van der Waals surface area (Å²) < 4.78 is 35.2. The lowest BCUT2D eigenvalue weighted by Crippen LogP contribution is -2.13. The van der Waals surface area contributed by atoms with E-state index in [2.05, 4.69) is 9.71 Å². The van der Waals surface area contributed by atoms with Crippen LogP contribution in [0.1, 0.15) is 5.56 Å². The van der Waals surface area contributed by atoms with Gasteiger partial charge in [-0.05, 0) is 42.8 Å². The van der Waals surface area contributed by atoms with Gasteiger partial charge in [-0.2, -0.15) is 0 Å². The van der Waals surface area contributed by atoms with Gasteiger partial charge in [0.25, 0.3) is 10.0 Å². The van der Waals surface area contributed by atoms with Crippen molar-refractivity contribution in [3.63, 3.8) is 0 Å². The third-order valence-corrected chi connectivity index (χ3v) is 6.21. The summed E-state index contributed by atoms with van der Waals surface area (Å²) in [5, 5.41) is 0.343. The Balaban J connectivity index is 1.67. The molecular weight excluding hydrogens is 410 g/mol. The number of methoxy groups -OCH3 is 1. The fourth-order valence-electron chi connectivity index (χ4n) is 3.06. The van der Waals surface area contributed by atoms with Crippen LogP contribution in [0.2, 0.25) is 5.02 Å². The second kappa shape index (κ2) is 7.42. The minimum atomic E-state index is -3.81. The molecule has 0 bridgehead atoms. The highest BCUT2D eigenvalue weighted by atomic mass is 35.5. The molecule has 0 aliphatic rings. The molecule has 29 heavy (non-hydrogen) atoms. The van der Waals surface area contributed by atoms with Gasteiger partial charge in [0.05, 0.1) is 22.7 Å². The lowest BCUT2D eigenvalue weighted by atomic mass is 10.1.